The highest BCUT2D eigenvalue weighted by atomic mass is 16.4. The van der Waals surface area contributed by atoms with E-state index in [2.05, 4.69) is 12.2 Å². The molecule has 0 spiro atoms. The molecule has 1 saturated carbocycles. The minimum atomic E-state index is -0.800. The average molecular weight is 330 g/mol. The van der Waals surface area contributed by atoms with Gasteiger partial charge in [-0.3, -0.25) is 14.5 Å². The molecule has 2 aliphatic rings. The summed E-state index contributed by atoms with van der Waals surface area (Å²) in [4.78, 5) is 26.1. The summed E-state index contributed by atoms with van der Waals surface area (Å²) in [7, 11) is 0. The zero-order valence-corrected chi connectivity index (χ0v) is 14.2. The van der Waals surface area contributed by atoms with Gasteiger partial charge in [-0.05, 0) is 43.2 Å². The van der Waals surface area contributed by atoms with Gasteiger partial charge in [-0.2, -0.15) is 0 Å². The number of nitrogens with one attached hydrogen (secondary N) is 1. The van der Waals surface area contributed by atoms with Gasteiger partial charge in [-0.15, -0.1) is 0 Å². The second-order valence-corrected chi connectivity index (χ2v) is 6.93. The summed E-state index contributed by atoms with van der Waals surface area (Å²) >= 11 is 0. The van der Waals surface area contributed by atoms with Crippen LogP contribution in [-0.4, -0.2) is 40.5 Å². The number of nitrogens with zero attached hydrogens (tertiary/aromatic N) is 1. The lowest BCUT2D eigenvalue weighted by Crippen LogP contribution is -2.46. The van der Waals surface area contributed by atoms with Crippen LogP contribution in [0.25, 0.3) is 0 Å². The number of anilines is 1. The molecule has 0 radical (unpaired) electrons. The van der Waals surface area contributed by atoms with Crippen LogP contribution in [0.5, 0.6) is 0 Å². The molecule has 5 nitrogen and oxygen atoms in total. The smallest absolute Gasteiger partial charge is 0.320 e. The van der Waals surface area contributed by atoms with Crippen LogP contribution in [0.2, 0.25) is 0 Å². The normalized spacial score (nSPS) is 26.8. The van der Waals surface area contributed by atoms with Crippen LogP contribution in [0.1, 0.15) is 44.6 Å². The van der Waals surface area contributed by atoms with Crippen molar-refractivity contribution in [2.75, 3.05) is 11.9 Å². The lowest BCUT2D eigenvalue weighted by Gasteiger charge is -2.32. The fraction of sp³-hybridized carbons (Fsp3) is 0.579. The summed E-state index contributed by atoms with van der Waals surface area (Å²) in [6.07, 6.45) is 5.93. The molecule has 130 valence electrons. The van der Waals surface area contributed by atoms with Crippen LogP contribution in [-0.2, 0) is 16.0 Å². The number of carbonyl (C=O) groups excluding carboxylic acids is 1. The molecular weight excluding hydrogens is 304 g/mol. The Kier molecular flexibility index (Phi) is 5.19. The molecule has 2 fully saturated rings. The van der Waals surface area contributed by atoms with Crippen LogP contribution in [0.3, 0.4) is 0 Å². The second kappa shape index (κ2) is 7.34. The van der Waals surface area contributed by atoms with Crippen molar-refractivity contribution in [1.29, 1.82) is 0 Å². The highest BCUT2D eigenvalue weighted by Crippen LogP contribution is 2.39. The summed E-state index contributed by atoms with van der Waals surface area (Å²) in [6, 6.07) is 7.49. The van der Waals surface area contributed by atoms with Crippen molar-refractivity contribution >= 4 is 17.6 Å². The van der Waals surface area contributed by atoms with Crippen LogP contribution in [0.15, 0.2) is 24.3 Å². The van der Waals surface area contributed by atoms with E-state index in [1.165, 1.54) is 6.42 Å². The molecule has 5 heteroatoms. The van der Waals surface area contributed by atoms with Gasteiger partial charge in [0.2, 0.25) is 5.91 Å². The van der Waals surface area contributed by atoms with Gasteiger partial charge < -0.3 is 10.4 Å². The number of carboxylic acid groups (broad SMARTS) is 1. The zero-order valence-electron chi connectivity index (χ0n) is 14.2. The fourth-order valence-corrected chi connectivity index (χ4v) is 4.33. The highest BCUT2D eigenvalue weighted by Gasteiger charge is 2.45. The third-order valence-corrected chi connectivity index (χ3v) is 5.50. The first kappa shape index (κ1) is 17.0. The largest absolute Gasteiger partial charge is 0.480 e. The number of aliphatic carboxylic acids is 1. The Hall–Kier alpha value is -1.88. The first-order valence-corrected chi connectivity index (χ1v) is 8.96. The molecule has 1 amide bonds. The molecule has 24 heavy (non-hydrogen) atoms. The third kappa shape index (κ3) is 3.46. The van der Waals surface area contributed by atoms with Gasteiger partial charge >= 0.3 is 5.97 Å². The van der Waals surface area contributed by atoms with Crippen LogP contribution in [0.4, 0.5) is 5.69 Å². The summed E-state index contributed by atoms with van der Waals surface area (Å²) in [5.41, 5.74) is 1.92. The molecule has 3 unspecified atom stereocenters. The number of rotatable bonds is 5. The van der Waals surface area contributed by atoms with Gasteiger partial charge in [0.1, 0.15) is 6.04 Å². The van der Waals surface area contributed by atoms with Crippen molar-refractivity contribution in [2.24, 2.45) is 5.92 Å². The maximum Gasteiger partial charge on any atom is 0.320 e. The van der Waals surface area contributed by atoms with E-state index in [9.17, 15) is 14.7 Å². The Balaban J connectivity index is 1.70. The van der Waals surface area contributed by atoms with Crippen LogP contribution < -0.4 is 5.32 Å². The van der Waals surface area contributed by atoms with Crippen molar-refractivity contribution in [3.8, 4) is 0 Å². The van der Waals surface area contributed by atoms with Crippen LogP contribution >= 0.6 is 0 Å². The number of aryl methyl sites for hydroxylation is 1. The number of carbonyl (C=O) groups is 2. The number of hydrogen-bond donors (Lipinski definition) is 2. The van der Waals surface area contributed by atoms with Gasteiger partial charge in [0.05, 0.1) is 6.54 Å². The predicted molar refractivity (Wildman–Crippen MR) is 92.9 cm³/mol. The van der Waals surface area contributed by atoms with Gasteiger partial charge in [0, 0.05) is 11.7 Å². The first-order chi connectivity index (χ1) is 11.6. The topological polar surface area (TPSA) is 69.6 Å². The van der Waals surface area contributed by atoms with Gasteiger partial charge in [-0.1, -0.05) is 38.0 Å². The maximum absolute atomic E-state index is 12.5. The number of benzene rings is 1. The molecule has 0 bridgehead atoms. The van der Waals surface area contributed by atoms with Crippen LogP contribution in [0, 0.1) is 5.92 Å². The van der Waals surface area contributed by atoms with Gasteiger partial charge in [-0.25, -0.2) is 0 Å². The molecule has 2 N–H and O–H groups in total. The van der Waals surface area contributed by atoms with Crippen molar-refractivity contribution in [3.63, 3.8) is 0 Å². The molecule has 1 heterocycles. The molecule has 1 aliphatic heterocycles. The quantitative estimate of drug-likeness (QED) is 0.871. The standard InChI is InChI=1S/C19H26N2O3/c1-2-13-7-3-5-9-15(13)20-18(22)12-21-16-10-6-4-8-14(16)11-17(21)19(23)24/h3,5,7,9,14,16-17H,2,4,6,8,10-12H2,1H3,(H,20,22)(H,23,24). The number of fused-ring (bicyclic) bond motifs is 1. The Bertz CT molecular complexity index is 616. The summed E-state index contributed by atoms with van der Waals surface area (Å²) in [6.45, 7) is 2.22. The van der Waals surface area contributed by atoms with E-state index < -0.39 is 12.0 Å². The number of amides is 1. The average Bonchev–Trinajstić information content (AvgIpc) is 2.94. The van der Waals surface area contributed by atoms with E-state index in [0.29, 0.717) is 12.3 Å². The van der Waals surface area contributed by atoms with Crippen molar-refractivity contribution in [2.45, 2.75) is 57.5 Å². The molecular formula is C19H26N2O3. The van der Waals surface area contributed by atoms with E-state index in [1.54, 1.807) is 0 Å². The lowest BCUT2D eigenvalue weighted by atomic mass is 9.85. The minimum Gasteiger partial charge on any atom is -0.480 e. The summed E-state index contributed by atoms with van der Waals surface area (Å²) in [5, 5.41) is 12.5. The first-order valence-electron chi connectivity index (χ1n) is 8.96. The van der Waals surface area contributed by atoms with E-state index in [4.69, 9.17) is 0 Å². The molecule has 1 aromatic rings. The second-order valence-electron chi connectivity index (χ2n) is 6.93. The van der Waals surface area contributed by atoms with E-state index in [1.807, 2.05) is 29.2 Å². The molecule has 1 saturated heterocycles. The lowest BCUT2D eigenvalue weighted by molar-refractivity contribution is -0.143. The van der Waals surface area contributed by atoms with Crippen molar-refractivity contribution in [3.05, 3.63) is 29.8 Å². The Labute approximate surface area is 143 Å². The Morgan fingerprint density at radius 3 is 2.75 bits per heavy atom. The maximum atomic E-state index is 12.5. The molecule has 3 atom stereocenters. The number of likely N-dealkylation sites (tertiary alicyclic amines) is 1. The summed E-state index contributed by atoms with van der Waals surface area (Å²) < 4.78 is 0. The van der Waals surface area contributed by atoms with Gasteiger partial charge in [0.25, 0.3) is 0 Å². The monoisotopic (exact) mass is 330 g/mol. The number of hydrogen-bond acceptors (Lipinski definition) is 3. The Morgan fingerprint density at radius 1 is 1.25 bits per heavy atom. The molecule has 1 aliphatic carbocycles. The highest BCUT2D eigenvalue weighted by molar-refractivity contribution is 5.93. The van der Waals surface area contributed by atoms with Crippen molar-refractivity contribution in [1.82, 2.24) is 4.90 Å². The number of para-hydroxylation sites is 1. The molecule has 3 rings (SSSR count). The number of carboxylic acids is 1. The Morgan fingerprint density at radius 2 is 2.00 bits per heavy atom. The summed E-state index contributed by atoms with van der Waals surface area (Å²) in [5.74, 6) is -0.491. The zero-order chi connectivity index (χ0) is 17.1. The van der Waals surface area contributed by atoms with E-state index in [-0.39, 0.29) is 18.5 Å². The van der Waals surface area contributed by atoms with E-state index >= 15 is 0 Å². The SMILES string of the molecule is CCc1ccccc1NC(=O)CN1C(C(=O)O)CC2CCCCC21. The molecule has 0 aromatic heterocycles. The van der Waals surface area contributed by atoms with E-state index in [0.717, 1.165) is 36.9 Å². The third-order valence-electron chi connectivity index (χ3n) is 5.50. The van der Waals surface area contributed by atoms with Gasteiger partial charge in [0.15, 0.2) is 0 Å². The molecule has 1 aromatic carbocycles. The van der Waals surface area contributed by atoms with Crippen molar-refractivity contribution < 1.29 is 14.7 Å². The fourth-order valence-electron chi connectivity index (χ4n) is 4.33. The predicted octanol–water partition coefficient (Wildman–Crippen LogP) is 2.91. The minimum absolute atomic E-state index is 0.117.